The summed E-state index contributed by atoms with van der Waals surface area (Å²) in [5, 5.41) is 4.68. The molecule has 1 amide bonds. The Hall–Kier alpha value is -2.44. The fourth-order valence-corrected chi connectivity index (χ4v) is 2.31. The van der Waals surface area contributed by atoms with Crippen molar-refractivity contribution in [2.75, 3.05) is 20.8 Å². The minimum absolute atomic E-state index is 0.236. The van der Waals surface area contributed by atoms with E-state index >= 15 is 0 Å². The van der Waals surface area contributed by atoms with Crippen LogP contribution < -0.4 is 19.6 Å². The number of carbonyl (C=O) groups is 1. The number of nitrogens with one attached hydrogen (secondary N) is 1. The molecule has 0 fully saturated rings. The Labute approximate surface area is 155 Å². The Kier molecular flexibility index (Phi) is 6.91. The van der Waals surface area contributed by atoms with Crippen LogP contribution in [-0.2, 0) is 4.79 Å². The van der Waals surface area contributed by atoms with Crippen molar-refractivity contribution in [3.8, 4) is 17.2 Å². The standard InChI is InChI=1S/C17H16Cl2N2O4/c1-23-13-5-11(6-14(8-13)24-2)9-20-21-17(22)10-25-16-4-3-12(18)7-15(16)19/h3-9H,10H2,1-2H3,(H,21,22)/b20-9-. The second-order valence-electron chi connectivity index (χ2n) is 4.80. The second-order valence-corrected chi connectivity index (χ2v) is 5.65. The average Bonchev–Trinajstić information content (AvgIpc) is 2.60. The molecule has 0 saturated heterocycles. The molecule has 2 rings (SSSR count). The molecule has 0 atom stereocenters. The molecule has 0 radical (unpaired) electrons. The maximum Gasteiger partial charge on any atom is 0.277 e. The van der Waals surface area contributed by atoms with Gasteiger partial charge in [0.1, 0.15) is 17.2 Å². The average molecular weight is 383 g/mol. The molecule has 0 aliphatic rings. The molecule has 0 unspecified atom stereocenters. The molecule has 132 valence electrons. The van der Waals surface area contributed by atoms with Crippen LogP contribution in [0.5, 0.6) is 17.2 Å². The third-order valence-electron chi connectivity index (χ3n) is 3.03. The number of rotatable bonds is 7. The van der Waals surface area contributed by atoms with Gasteiger partial charge in [0, 0.05) is 16.7 Å². The molecule has 1 N–H and O–H groups in total. The summed E-state index contributed by atoms with van der Waals surface area (Å²) in [5.41, 5.74) is 3.07. The molecule has 0 bridgehead atoms. The highest BCUT2D eigenvalue weighted by Crippen LogP contribution is 2.27. The van der Waals surface area contributed by atoms with Crippen molar-refractivity contribution in [2.24, 2.45) is 5.10 Å². The maximum absolute atomic E-state index is 11.8. The predicted octanol–water partition coefficient (Wildman–Crippen LogP) is 3.54. The molecular weight excluding hydrogens is 367 g/mol. The highest BCUT2D eigenvalue weighted by Gasteiger charge is 2.06. The fourth-order valence-electron chi connectivity index (χ4n) is 1.85. The summed E-state index contributed by atoms with van der Waals surface area (Å²) in [5.74, 6) is 1.17. The summed E-state index contributed by atoms with van der Waals surface area (Å²) in [6.45, 7) is -0.236. The fraction of sp³-hybridized carbons (Fsp3) is 0.176. The molecule has 0 spiro atoms. The zero-order valence-corrected chi connectivity index (χ0v) is 15.1. The van der Waals surface area contributed by atoms with Gasteiger partial charge in [0.05, 0.1) is 25.5 Å². The van der Waals surface area contributed by atoms with Crippen molar-refractivity contribution >= 4 is 35.3 Å². The number of hydrogen-bond acceptors (Lipinski definition) is 5. The van der Waals surface area contributed by atoms with Gasteiger partial charge in [-0.2, -0.15) is 5.10 Å². The van der Waals surface area contributed by atoms with E-state index in [0.29, 0.717) is 32.9 Å². The summed E-state index contributed by atoms with van der Waals surface area (Å²) in [7, 11) is 3.10. The van der Waals surface area contributed by atoms with Crippen LogP contribution in [0.15, 0.2) is 41.5 Å². The molecule has 2 aromatic rings. The molecule has 0 saturated carbocycles. The number of amides is 1. The summed E-state index contributed by atoms with van der Waals surface area (Å²) in [6.07, 6.45) is 1.47. The van der Waals surface area contributed by atoms with E-state index < -0.39 is 5.91 Å². The van der Waals surface area contributed by atoms with Gasteiger partial charge < -0.3 is 14.2 Å². The highest BCUT2D eigenvalue weighted by molar-refractivity contribution is 6.35. The van der Waals surface area contributed by atoms with E-state index in [0.717, 1.165) is 0 Å². The van der Waals surface area contributed by atoms with E-state index in [-0.39, 0.29) is 6.61 Å². The number of ether oxygens (including phenoxy) is 3. The lowest BCUT2D eigenvalue weighted by Gasteiger charge is -2.07. The first-order chi connectivity index (χ1) is 12.0. The number of benzene rings is 2. The second kappa shape index (κ2) is 9.15. The molecule has 0 aromatic heterocycles. The van der Waals surface area contributed by atoms with Gasteiger partial charge in [-0.1, -0.05) is 23.2 Å². The summed E-state index contributed by atoms with van der Waals surface area (Å²) >= 11 is 11.8. The van der Waals surface area contributed by atoms with Crippen LogP contribution in [0.3, 0.4) is 0 Å². The Bertz CT molecular complexity index is 759. The first-order valence-electron chi connectivity index (χ1n) is 7.14. The zero-order chi connectivity index (χ0) is 18.2. The number of hydrazone groups is 1. The van der Waals surface area contributed by atoms with Gasteiger partial charge in [0.25, 0.3) is 5.91 Å². The van der Waals surface area contributed by atoms with Crippen LogP contribution in [0.1, 0.15) is 5.56 Å². The zero-order valence-electron chi connectivity index (χ0n) is 13.6. The summed E-state index contributed by atoms with van der Waals surface area (Å²) in [6, 6.07) is 9.98. The first kappa shape index (κ1) is 18.9. The smallest absolute Gasteiger partial charge is 0.277 e. The predicted molar refractivity (Wildman–Crippen MR) is 97.2 cm³/mol. The molecule has 25 heavy (non-hydrogen) atoms. The summed E-state index contributed by atoms with van der Waals surface area (Å²) < 4.78 is 15.6. The molecule has 2 aromatic carbocycles. The van der Waals surface area contributed by atoms with Crippen molar-refractivity contribution in [1.29, 1.82) is 0 Å². The van der Waals surface area contributed by atoms with Crippen molar-refractivity contribution in [3.05, 3.63) is 52.0 Å². The van der Waals surface area contributed by atoms with E-state index in [1.54, 1.807) is 44.6 Å². The highest BCUT2D eigenvalue weighted by atomic mass is 35.5. The quantitative estimate of drug-likeness (QED) is 0.587. The van der Waals surface area contributed by atoms with Gasteiger partial charge in [-0.25, -0.2) is 5.43 Å². The largest absolute Gasteiger partial charge is 0.497 e. The van der Waals surface area contributed by atoms with Crippen molar-refractivity contribution in [1.82, 2.24) is 5.43 Å². The van der Waals surface area contributed by atoms with E-state index in [2.05, 4.69) is 10.5 Å². The Balaban J connectivity index is 1.90. The molecular formula is C17H16Cl2N2O4. The van der Waals surface area contributed by atoms with Gasteiger partial charge in [0.2, 0.25) is 0 Å². The normalized spacial score (nSPS) is 10.6. The van der Waals surface area contributed by atoms with Gasteiger partial charge in [-0.3, -0.25) is 4.79 Å². The molecule has 8 heteroatoms. The lowest BCUT2D eigenvalue weighted by atomic mass is 10.2. The maximum atomic E-state index is 11.8. The van der Waals surface area contributed by atoms with Crippen molar-refractivity contribution in [3.63, 3.8) is 0 Å². The minimum atomic E-state index is -0.433. The van der Waals surface area contributed by atoms with Crippen LogP contribution in [0, 0.1) is 0 Å². The number of halogens is 2. The monoisotopic (exact) mass is 382 g/mol. The van der Waals surface area contributed by atoms with Crippen LogP contribution in [-0.4, -0.2) is 32.9 Å². The lowest BCUT2D eigenvalue weighted by molar-refractivity contribution is -0.123. The third-order valence-corrected chi connectivity index (χ3v) is 3.56. The van der Waals surface area contributed by atoms with E-state index in [1.165, 1.54) is 12.3 Å². The van der Waals surface area contributed by atoms with Gasteiger partial charge >= 0.3 is 0 Å². The number of carbonyl (C=O) groups excluding carboxylic acids is 1. The molecule has 0 heterocycles. The molecule has 6 nitrogen and oxygen atoms in total. The lowest BCUT2D eigenvalue weighted by Crippen LogP contribution is -2.24. The molecule has 0 aliphatic carbocycles. The Morgan fingerprint density at radius 3 is 2.40 bits per heavy atom. The van der Waals surface area contributed by atoms with Crippen molar-refractivity contribution in [2.45, 2.75) is 0 Å². The van der Waals surface area contributed by atoms with Crippen molar-refractivity contribution < 1.29 is 19.0 Å². The number of methoxy groups -OCH3 is 2. The first-order valence-corrected chi connectivity index (χ1v) is 7.90. The van der Waals surface area contributed by atoms with Gasteiger partial charge in [0.15, 0.2) is 6.61 Å². The van der Waals surface area contributed by atoms with E-state index in [1.807, 2.05) is 0 Å². The van der Waals surface area contributed by atoms with E-state index in [9.17, 15) is 4.79 Å². The Morgan fingerprint density at radius 2 is 1.80 bits per heavy atom. The van der Waals surface area contributed by atoms with Gasteiger partial charge in [-0.15, -0.1) is 0 Å². The molecule has 0 aliphatic heterocycles. The van der Waals surface area contributed by atoms with Gasteiger partial charge in [-0.05, 0) is 30.3 Å². The van der Waals surface area contributed by atoms with Crippen LogP contribution in [0.4, 0.5) is 0 Å². The third kappa shape index (κ3) is 5.85. The van der Waals surface area contributed by atoms with Crippen LogP contribution >= 0.6 is 23.2 Å². The van der Waals surface area contributed by atoms with Crippen LogP contribution in [0.2, 0.25) is 10.0 Å². The minimum Gasteiger partial charge on any atom is -0.497 e. The topological polar surface area (TPSA) is 69.2 Å². The Morgan fingerprint density at radius 1 is 1.12 bits per heavy atom. The number of hydrogen-bond donors (Lipinski definition) is 1. The SMILES string of the molecule is COc1cc(/C=N\NC(=O)COc2ccc(Cl)cc2Cl)cc(OC)c1. The van der Waals surface area contributed by atoms with E-state index in [4.69, 9.17) is 37.4 Å². The summed E-state index contributed by atoms with van der Waals surface area (Å²) in [4.78, 5) is 11.8. The number of nitrogens with zero attached hydrogens (tertiary/aromatic N) is 1. The van der Waals surface area contributed by atoms with Crippen LogP contribution in [0.25, 0.3) is 0 Å².